The van der Waals surface area contributed by atoms with Crippen molar-refractivity contribution in [1.29, 1.82) is 0 Å². The minimum atomic E-state index is 0.609. The average Bonchev–Trinajstić information content (AvgIpc) is 2.88. The first-order valence-corrected chi connectivity index (χ1v) is 6.18. The Morgan fingerprint density at radius 1 is 1.14 bits per heavy atom. The molecule has 2 fully saturated rings. The van der Waals surface area contributed by atoms with E-state index in [0.717, 1.165) is 23.7 Å². The summed E-state index contributed by atoms with van der Waals surface area (Å²) in [6.45, 7) is 4.72. The van der Waals surface area contributed by atoms with Crippen molar-refractivity contribution < 1.29 is 0 Å². The van der Waals surface area contributed by atoms with Crippen LogP contribution in [0.2, 0.25) is 0 Å². The van der Waals surface area contributed by atoms with Crippen LogP contribution in [0, 0.1) is 23.7 Å². The lowest BCUT2D eigenvalue weighted by Gasteiger charge is -2.32. The topological polar surface area (TPSA) is 38.0 Å². The van der Waals surface area contributed by atoms with Crippen LogP contribution in [0.25, 0.3) is 0 Å². The van der Waals surface area contributed by atoms with Gasteiger partial charge in [0, 0.05) is 6.04 Å². The van der Waals surface area contributed by atoms with Crippen molar-refractivity contribution in [3.05, 3.63) is 0 Å². The number of nitrogens with one attached hydrogen (secondary N) is 1. The molecule has 2 saturated carbocycles. The van der Waals surface area contributed by atoms with E-state index in [1.165, 1.54) is 32.1 Å². The van der Waals surface area contributed by atoms with Crippen molar-refractivity contribution in [2.24, 2.45) is 29.5 Å². The zero-order chi connectivity index (χ0) is 10.1. The molecule has 2 nitrogen and oxygen atoms in total. The second-order valence-corrected chi connectivity index (χ2v) is 5.59. The summed E-state index contributed by atoms with van der Waals surface area (Å²) in [6, 6.07) is 0.609. The van der Waals surface area contributed by atoms with Crippen LogP contribution in [-0.2, 0) is 0 Å². The number of rotatable bonds is 3. The van der Waals surface area contributed by atoms with E-state index < -0.39 is 0 Å². The van der Waals surface area contributed by atoms with Crippen molar-refractivity contribution >= 4 is 0 Å². The zero-order valence-corrected chi connectivity index (χ0v) is 9.50. The second kappa shape index (κ2) is 4.19. The maximum Gasteiger partial charge on any atom is 0.0269 e. The molecule has 2 aliphatic rings. The number of hydrazine groups is 1. The molecule has 3 unspecified atom stereocenters. The summed E-state index contributed by atoms with van der Waals surface area (Å²) in [5.74, 6) is 9.28. The molecule has 0 aromatic heterocycles. The summed E-state index contributed by atoms with van der Waals surface area (Å²) in [4.78, 5) is 0. The van der Waals surface area contributed by atoms with Crippen LogP contribution in [0.4, 0.5) is 0 Å². The molecule has 82 valence electrons. The van der Waals surface area contributed by atoms with Crippen molar-refractivity contribution in [2.75, 3.05) is 0 Å². The molecule has 2 rings (SSSR count). The van der Waals surface area contributed by atoms with Gasteiger partial charge in [0.05, 0.1) is 0 Å². The highest BCUT2D eigenvalue weighted by atomic mass is 15.2. The molecule has 3 atom stereocenters. The van der Waals surface area contributed by atoms with Gasteiger partial charge in [-0.25, -0.2) is 0 Å². The molecule has 0 radical (unpaired) electrons. The van der Waals surface area contributed by atoms with Gasteiger partial charge in [-0.15, -0.1) is 0 Å². The molecular formula is C12H24N2. The summed E-state index contributed by atoms with van der Waals surface area (Å²) < 4.78 is 0. The molecule has 0 amide bonds. The van der Waals surface area contributed by atoms with Crippen LogP contribution in [0.15, 0.2) is 0 Å². The lowest BCUT2D eigenvalue weighted by atomic mass is 9.78. The molecule has 0 aromatic rings. The van der Waals surface area contributed by atoms with Gasteiger partial charge in [0.1, 0.15) is 0 Å². The normalized spacial score (nSPS) is 44.8. The Kier molecular flexibility index (Phi) is 3.13. The molecular weight excluding hydrogens is 172 g/mol. The molecule has 0 bridgehead atoms. The Morgan fingerprint density at radius 3 is 2.14 bits per heavy atom. The van der Waals surface area contributed by atoms with Crippen LogP contribution >= 0.6 is 0 Å². The van der Waals surface area contributed by atoms with Gasteiger partial charge in [-0.2, -0.15) is 0 Å². The second-order valence-electron chi connectivity index (χ2n) is 5.59. The van der Waals surface area contributed by atoms with E-state index in [-0.39, 0.29) is 0 Å². The summed E-state index contributed by atoms with van der Waals surface area (Å²) in [7, 11) is 0. The molecule has 2 heteroatoms. The van der Waals surface area contributed by atoms with E-state index in [1.54, 1.807) is 0 Å². The van der Waals surface area contributed by atoms with Gasteiger partial charge >= 0.3 is 0 Å². The van der Waals surface area contributed by atoms with E-state index in [9.17, 15) is 0 Å². The fourth-order valence-electron chi connectivity index (χ4n) is 3.11. The van der Waals surface area contributed by atoms with E-state index in [4.69, 9.17) is 5.84 Å². The van der Waals surface area contributed by atoms with Crippen LogP contribution in [-0.4, -0.2) is 6.04 Å². The van der Waals surface area contributed by atoms with Gasteiger partial charge in [0.25, 0.3) is 0 Å². The monoisotopic (exact) mass is 196 g/mol. The Morgan fingerprint density at radius 2 is 1.71 bits per heavy atom. The predicted molar refractivity (Wildman–Crippen MR) is 59.5 cm³/mol. The Labute approximate surface area is 87.6 Å². The van der Waals surface area contributed by atoms with E-state index in [0.29, 0.717) is 6.04 Å². The van der Waals surface area contributed by atoms with Gasteiger partial charge in [0.2, 0.25) is 0 Å². The zero-order valence-electron chi connectivity index (χ0n) is 9.50. The van der Waals surface area contributed by atoms with Crippen molar-refractivity contribution in [2.45, 2.75) is 52.0 Å². The third-order valence-electron chi connectivity index (χ3n) is 4.39. The minimum absolute atomic E-state index is 0.609. The van der Waals surface area contributed by atoms with Crippen molar-refractivity contribution in [1.82, 2.24) is 5.43 Å². The predicted octanol–water partition coefficient (Wildman–Crippen LogP) is 2.30. The molecule has 3 N–H and O–H groups in total. The maximum absolute atomic E-state index is 5.69. The van der Waals surface area contributed by atoms with Crippen molar-refractivity contribution in [3.8, 4) is 0 Å². The third kappa shape index (κ3) is 2.12. The lowest BCUT2D eigenvalue weighted by Crippen LogP contribution is -2.44. The molecule has 0 aliphatic heterocycles. The van der Waals surface area contributed by atoms with E-state index >= 15 is 0 Å². The van der Waals surface area contributed by atoms with Crippen LogP contribution < -0.4 is 11.3 Å². The number of hydrogen-bond acceptors (Lipinski definition) is 2. The SMILES string of the molecule is CC1CCC(C(NN)C2CC2C)CC1. The fraction of sp³-hybridized carbons (Fsp3) is 1.00. The van der Waals surface area contributed by atoms with Gasteiger partial charge in [-0.1, -0.05) is 26.7 Å². The van der Waals surface area contributed by atoms with E-state index in [1.807, 2.05) is 0 Å². The highest BCUT2D eigenvalue weighted by Crippen LogP contribution is 2.45. The van der Waals surface area contributed by atoms with E-state index in [2.05, 4.69) is 19.3 Å². The highest BCUT2D eigenvalue weighted by Gasteiger charge is 2.42. The number of nitrogens with two attached hydrogens (primary N) is 1. The van der Waals surface area contributed by atoms with Crippen LogP contribution in [0.1, 0.15) is 46.0 Å². The molecule has 14 heavy (non-hydrogen) atoms. The highest BCUT2D eigenvalue weighted by molar-refractivity contribution is 4.95. The molecule has 0 saturated heterocycles. The number of hydrogen-bond donors (Lipinski definition) is 2. The van der Waals surface area contributed by atoms with Gasteiger partial charge < -0.3 is 0 Å². The summed E-state index contributed by atoms with van der Waals surface area (Å²) >= 11 is 0. The largest absolute Gasteiger partial charge is 0.271 e. The average molecular weight is 196 g/mol. The molecule has 2 aliphatic carbocycles. The van der Waals surface area contributed by atoms with Gasteiger partial charge in [-0.3, -0.25) is 11.3 Å². The smallest absolute Gasteiger partial charge is 0.0269 e. The Balaban J connectivity index is 1.86. The summed E-state index contributed by atoms with van der Waals surface area (Å²) in [6.07, 6.45) is 6.98. The Hall–Kier alpha value is -0.0800. The first-order chi connectivity index (χ1) is 6.72. The van der Waals surface area contributed by atoms with Crippen LogP contribution in [0.5, 0.6) is 0 Å². The molecule has 0 aromatic carbocycles. The Bertz CT molecular complexity index is 185. The first-order valence-electron chi connectivity index (χ1n) is 6.18. The van der Waals surface area contributed by atoms with Gasteiger partial charge in [0.15, 0.2) is 0 Å². The molecule has 0 spiro atoms. The summed E-state index contributed by atoms with van der Waals surface area (Å²) in [5.41, 5.74) is 3.08. The lowest BCUT2D eigenvalue weighted by molar-refractivity contribution is 0.211. The van der Waals surface area contributed by atoms with Crippen molar-refractivity contribution in [3.63, 3.8) is 0 Å². The molecule has 0 heterocycles. The maximum atomic E-state index is 5.69. The minimum Gasteiger partial charge on any atom is -0.271 e. The quantitative estimate of drug-likeness (QED) is 0.537. The third-order valence-corrected chi connectivity index (χ3v) is 4.39. The van der Waals surface area contributed by atoms with Crippen LogP contribution in [0.3, 0.4) is 0 Å². The van der Waals surface area contributed by atoms with Gasteiger partial charge in [-0.05, 0) is 42.9 Å². The fourth-order valence-corrected chi connectivity index (χ4v) is 3.11. The first kappa shape index (κ1) is 10.4. The standard InChI is InChI=1S/C12H24N2/c1-8-3-5-10(6-4-8)12(14-13)11-7-9(11)2/h8-12,14H,3-7,13H2,1-2H3. The summed E-state index contributed by atoms with van der Waals surface area (Å²) in [5, 5.41) is 0.